The van der Waals surface area contributed by atoms with Crippen molar-refractivity contribution in [2.24, 2.45) is 0 Å². The molecule has 0 radical (unpaired) electrons. The third-order valence-corrected chi connectivity index (χ3v) is 1.98. The van der Waals surface area contributed by atoms with E-state index in [1.54, 1.807) is 6.20 Å². The van der Waals surface area contributed by atoms with Crippen molar-refractivity contribution in [2.75, 3.05) is 13.2 Å². The van der Waals surface area contributed by atoms with Crippen LogP contribution in [0.5, 0.6) is 0 Å². The Hall–Kier alpha value is -1.34. The summed E-state index contributed by atoms with van der Waals surface area (Å²) >= 11 is 0. The van der Waals surface area contributed by atoms with Gasteiger partial charge in [0.1, 0.15) is 0 Å². The van der Waals surface area contributed by atoms with E-state index < -0.39 is 0 Å². The van der Waals surface area contributed by atoms with Gasteiger partial charge in [-0.05, 0) is 6.07 Å². The molecule has 1 fully saturated rings. The highest BCUT2D eigenvalue weighted by molar-refractivity contribution is 5.08. The number of ether oxygens (including phenoxy) is 1. The van der Waals surface area contributed by atoms with Crippen LogP contribution in [0.2, 0.25) is 0 Å². The highest BCUT2D eigenvalue weighted by Gasteiger charge is 2.22. The van der Waals surface area contributed by atoms with Crippen LogP contribution in [0.4, 0.5) is 0 Å². The topological polar surface area (TPSA) is 50.8 Å². The van der Waals surface area contributed by atoms with Crippen molar-refractivity contribution in [1.82, 2.24) is 9.78 Å². The maximum atomic E-state index is 8.51. The van der Waals surface area contributed by atoms with Gasteiger partial charge in [0.15, 0.2) is 0 Å². The summed E-state index contributed by atoms with van der Waals surface area (Å²) in [6, 6.07) is 4.34. The quantitative estimate of drug-likeness (QED) is 0.638. The summed E-state index contributed by atoms with van der Waals surface area (Å²) in [6.45, 7) is 1.44. The zero-order valence-corrected chi connectivity index (χ0v) is 6.60. The molecule has 0 aliphatic carbocycles. The fraction of sp³-hybridized carbons (Fsp3) is 0.500. The fourth-order valence-electron chi connectivity index (χ4n) is 1.26. The lowest BCUT2D eigenvalue weighted by atomic mass is 10.2. The Kier molecular flexibility index (Phi) is 1.80. The maximum absolute atomic E-state index is 8.51. The molecule has 0 aromatic carbocycles. The minimum atomic E-state index is 0.350. The molecule has 4 heteroatoms. The Labute approximate surface area is 70.4 Å². The molecule has 0 bridgehead atoms. The molecule has 0 saturated carbocycles. The van der Waals surface area contributed by atoms with E-state index in [9.17, 15) is 0 Å². The number of hydrogen-bond donors (Lipinski definition) is 0. The number of aromatic nitrogens is 2. The zero-order valence-electron chi connectivity index (χ0n) is 6.60. The van der Waals surface area contributed by atoms with E-state index in [4.69, 9.17) is 10.00 Å². The van der Waals surface area contributed by atoms with E-state index in [2.05, 4.69) is 11.2 Å². The van der Waals surface area contributed by atoms with Crippen molar-refractivity contribution in [3.63, 3.8) is 0 Å². The molecule has 0 atom stereocenters. The monoisotopic (exact) mass is 163 g/mol. The Morgan fingerprint density at radius 2 is 2.58 bits per heavy atom. The first kappa shape index (κ1) is 7.32. The van der Waals surface area contributed by atoms with Gasteiger partial charge in [-0.1, -0.05) is 0 Å². The second-order valence-corrected chi connectivity index (χ2v) is 2.79. The Morgan fingerprint density at radius 1 is 1.75 bits per heavy atom. The summed E-state index contributed by atoms with van der Waals surface area (Å²) in [5, 5.41) is 12.7. The van der Waals surface area contributed by atoms with Crippen molar-refractivity contribution >= 4 is 0 Å². The lowest BCUT2D eigenvalue weighted by Gasteiger charge is -2.27. The van der Waals surface area contributed by atoms with Gasteiger partial charge in [0.05, 0.1) is 37.4 Å². The summed E-state index contributed by atoms with van der Waals surface area (Å²) in [7, 11) is 0. The average molecular weight is 163 g/mol. The lowest BCUT2D eigenvalue weighted by Crippen LogP contribution is -2.32. The number of nitrogens with zero attached hydrogens (tertiary/aromatic N) is 3. The van der Waals surface area contributed by atoms with Gasteiger partial charge in [0.25, 0.3) is 0 Å². The number of hydrogen-bond acceptors (Lipinski definition) is 3. The van der Waals surface area contributed by atoms with Gasteiger partial charge in [0.2, 0.25) is 0 Å². The largest absolute Gasteiger partial charge is 0.377 e. The molecule has 62 valence electrons. The Morgan fingerprint density at radius 3 is 3.17 bits per heavy atom. The van der Waals surface area contributed by atoms with Gasteiger partial charge >= 0.3 is 0 Å². The summed E-state index contributed by atoms with van der Waals surface area (Å²) in [4.78, 5) is 0. The van der Waals surface area contributed by atoms with Crippen LogP contribution in [0.3, 0.4) is 0 Å². The van der Waals surface area contributed by atoms with Crippen LogP contribution in [0.1, 0.15) is 11.7 Å². The van der Waals surface area contributed by atoms with Crippen molar-refractivity contribution in [3.05, 3.63) is 18.0 Å². The van der Waals surface area contributed by atoms with Gasteiger partial charge in [-0.25, -0.2) is 0 Å². The van der Waals surface area contributed by atoms with Crippen molar-refractivity contribution in [3.8, 4) is 6.07 Å². The standard InChI is InChI=1S/C8H9N3O/c9-3-1-7-2-4-10-11(7)8-5-12-6-8/h2,4,8H,1,5-6H2. The molecular formula is C8H9N3O. The third-order valence-electron chi connectivity index (χ3n) is 1.98. The van der Waals surface area contributed by atoms with Crippen LogP contribution in [0.15, 0.2) is 12.3 Å². The molecule has 2 rings (SSSR count). The molecule has 0 unspecified atom stereocenters. The minimum Gasteiger partial charge on any atom is -0.377 e. The van der Waals surface area contributed by atoms with E-state index in [0.29, 0.717) is 12.5 Å². The SMILES string of the molecule is N#CCc1ccnn1C1COC1. The van der Waals surface area contributed by atoms with Crippen LogP contribution in [-0.4, -0.2) is 23.0 Å². The molecule has 1 aliphatic heterocycles. The zero-order chi connectivity index (χ0) is 8.39. The van der Waals surface area contributed by atoms with Gasteiger partial charge in [0, 0.05) is 6.20 Å². The predicted octanol–water partition coefficient (Wildman–Crippen LogP) is 0.520. The van der Waals surface area contributed by atoms with Crippen LogP contribution in [0, 0.1) is 11.3 Å². The Bertz CT molecular complexity index is 308. The van der Waals surface area contributed by atoms with Crippen LogP contribution in [0.25, 0.3) is 0 Å². The summed E-state index contributed by atoms with van der Waals surface area (Å²) in [5.41, 5.74) is 0.978. The predicted molar refractivity (Wildman–Crippen MR) is 41.4 cm³/mol. The molecule has 0 spiro atoms. The van der Waals surface area contributed by atoms with Crippen LogP contribution < -0.4 is 0 Å². The molecule has 1 aromatic heterocycles. The van der Waals surface area contributed by atoms with Crippen molar-refractivity contribution in [2.45, 2.75) is 12.5 Å². The van der Waals surface area contributed by atoms with Gasteiger partial charge in [-0.3, -0.25) is 4.68 Å². The molecule has 12 heavy (non-hydrogen) atoms. The van der Waals surface area contributed by atoms with Crippen LogP contribution in [-0.2, 0) is 11.2 Å². The Balaban J connectivity index is 2.19. The van der Waals surface area contributed by atoms with E-state index in [1.165, 1.54) is 0 Å². The maximum Gasteiger partial charge on any atom is 0.0988 e. The minimum absolute atomic E-state index is 0.350. The van der Waals surface area contributed by atoms with Gasteiger partial charge < -0.3 is 4.74 Å². The molecule has 2 heterocycles. The molecule has 1 aliphatic rings. The van der Waals surface area contributed by atoms with Crippen molar-refractivity contribution < 1.29 is 4.74 Å². The van der Waals surface area contributed by atoms with Gasteiger partial charge in [-0.2, -0.15) is 10.4 Å². The fourth-order valence-corrected chi connectivity index (χ4v) is 1.26. The van der Waals surface area contributed by atoms with E-state index >= 15 is 0 Å². The number of nitriles is 1. The van der Waals surface area contributed by atoms with Crippen LogP contribution >= 0.6 is 0 Å². The van der Waals surface area contributed by atoms with Crippen molar-refractivity contribution in [1.29, 1.82) is 5.26 Å². The third kappa shape index (κ3) is 1.08. The first-order valence-electron chi connectivity index (χ1n) is 3.89. The average Bonchev–Trinajstić information content (AvgIpc) is 2.35. The summed E-state index contributed by atoms with van der Waals surface area (Å²) in [5.74, 6) is 0. The molecule has 0 N–H and O–H groups in total. The number of rotatable bonds is 2. The van der Waals surface area contributed by atoms with E-state index in [-0.39, 0.29) is 0 Å². The molecular weight excluding hydrogens is 154 g/mol. The molecule has 1 aromatic rings. The smallest absolute Gasteiger partial charge is 0.0988 e. The summed E-state index contributed by atoms with van der Waals surface area (Å²) in [6.07, 6.45) is 2.15. The molecule has 4 nitrogen and oxygen atoms in total. The molecule has 1 saturated heterocycles. The first-order valence-corrected chi connectivity index (χ1v) is 3.89. The van der Waals surface area contributed by atoms with E-state index in [1.807, 2.05) is 10.7 Å². The second-order valence-electron chi connectivity index (χ2n) is 2.79. The highest BCUT2D eigenvalue weighted by Crippen LogP contribution is 2.18. The molecule has 0 amide bonds. The normalized spacial score (nSPS) is 16.9. The van der Waals surface area contributed by atoms with E-state index in [0.717, 1.165) is 18.9 Å². The lowest BCUT2D eigenvalue weighted by molar-refractivity contribution is -0.0296. The van der Waals surface area contributed by atoms with Gasteiger partial charge in [-0.15, -0.1) is 0 Å². The first-order chi connectivity index (χ1) is 5.92. The second kappa shape index (κ2) is 2.95. The highest BCUT2D eigenvalue weighted by atomic mass is 16.5. The summed E-state index contributed by atoms with van der Waals surface area (Å²) < 4.78 is 6.93.